The Morgan fingerprint density at radius 1 is 1.31 bits per heavy atom. The lowest BCUT2D eigenvalue weighted by molar-refractivity contribution is -0.124. The second-order valence-corrected chi connectivity index (χ2v) is 6.23. The van der Waals surface area contributed by atoms with E-state index >= 15 is 0 Å². The smallest absolute Gasteiger partial charge is 0.342 e. The summed E-state index contributed by atoms with van der Waals surface area (Å²) in [6.45, 7) is 2.82. The number of benzene rings is 1. The quantitative estimate of drug-likeness (QED) is 0.659. The SMILES string of the molecule is Cc1cc(C)c(C(=O)OCC(=O)N2CC(=O)Nc3ccccc32)c(Cl)n1. The minimum Gasteiger partial charge on any atom is -0.452 e. The van der Waals surface area contributed by atoms with E-state index in [4.69, 9.17) is 16.3 Å². The minimum atomic E-state index is -0.733. The standard InChI is InChI=1S/C18H16ClN3O4/c1-10-7-11(2)20-17(19)16(10)18(25)26-9-15(24)22-8-14(23)21-12-5-3-4-6-13(12)22/h3-7H,8-9H2,1-2H3,(H,21,23). The van der Waals surface area contributed by atoms with Crippen molar-refractivity contribution in [1.82, 2.24) is 4.98 Å². The van der Waals surface area contributed by atoms with Gasteiger partial charge in [-0.05, 0) is 37.6 Å². The van der Waals surface area contributed by atoms with Crippen LogP contribution in [0.5, 0.6) is 0 Å². The van der Waals surface area contributed by atoms with Crippen LogP contribution in [0.25, 0.3) is 0 Å². The molecule has 1 N–H and O–H groups in total. The Morgan fingerprint density at radius 3 is 2.77 bits per heavy atom. The molecule has 0 spiro atoms. The molecule has 0 atom stereocenters. The highest BCUT2D eigenvalue weighted by molar-refractivity contribution is 6.32. The molecule has 26 heavy (non-hydrogen) atoms. The number of anilines is 2. The first kappa shape index (κ1) is 17.9. The minimum absolute atomic E-state index is 0.0302. The molecule has 1 aliphatic rings. The predicted molar refractivity (Wildman–Crippen MR) is 96.4 cm³/mol. The van der Waals surface area contributed by atoms with Gasteiger partial charge in [-0.2, -0.15) is 0 Å². The summed E-state index contributed by atoms with van der Waals surface area (Å²) in [5.41, 5.74) is 2.50. The molecule has 7 nitrogen and oxygen atoms in total. The van der Waals surface area contributed by atoms with E-state index in [9.17, 15) is 14.4 Å². The molecule has 1 aromatic heterocycles. The summed E-state index contributed by atoms with van der Waals surface area (Å²) < 4.78 is 5.11. The molecule has 1 aromatic carbocycles. The van der Waals surface area contributed by atoms with Crippen LogP contribution in [-0.4, -0.2) is 35.9 Å². The number of carbonyl (C=O) groups excluding carboxylic acids is 3. The Labute approximate surface area is 154 Å². The van der Waals surface area contributed by atoms with Gasteiger partial charge in [-0.25, -0.2) is 9.78 Å². The average Bonchev–Trinajstić information content (AvgIpc) is 2.58. The molecule has 2 aromatic rings. The first-order valence-electron chi connectivity index (χ1n) is 7.87. The van der Waals surface area contributed by atoms with Crippen LogP contribution >= 0.6 is 11.6 Å². The van der Waals surface area contributed by atoms with Gasteiger partial charge >= 0.3 is 5.97 Å². The lowest BCUT2D eigenvalue weighted by Gasteiger charge is -2.28. The van der Waals surface area contributed by atoms with Crippen LogP contribution in [0.15, 0.2) is 30.3 Å². The summed E-state index contributed by atoms with van der Waals surface area (Å²) in [6, 6.07) is 8.61. The summed E-state index contributed by atoms with van der Waals surface area (Å²) in [5.74, 6) is -1.55. The predicted octanol–water partition coefficient (Wildman–Crippen LogP) is 2.49. The summed E-state index contributed by atoms with van der Waals surface area (Å²) in [5, 5.41) is 2.72. The normalized spacial score (nSPS) is 13.0. The molecule has 0 radical (unpaired) electrons. The van der Waals surface area contributed by atoms with E-state index in [-0.39, 0.29) is 23.2 Å². The van der Waals surface area contributed by atoms with Gasteiger partial charge in [0.05, 0.1) is 16.9 Å². The molecule has 0 aliphatic carbocycles. The van der Waals surface area contributed by atoms with Crippen LogP contribution in [0.1, 0.15) is 21.6 Å². The van der Waals surface area contributed by atoms with Crippen LogP contribution in [0.3, 0.4) is 0 Å². The molecule has 0 saturated carbocycles. The highest BCUT2D eigenvalue weighted by Crippen LogP contribution is 2.29. The van der Waals surface area contributed by atoms with E-state index in [0.29, 0.717) is 22.6 Å². The molecule has 2 amide bonds. The van der Waals surface area contributed by atoms with Crippen LogP contribution in [0, 0.1) is 13.8 Å². The molecule has 0 fully saturated rings. The number of fused-ring (bicyclic) bond motifs is 1. The fourth-order valence-corrected chi connectivity index (χ4v) is 3.13. The number of aromatic nitrogens is 1. The number of nitrogens with one attached hydrogen (secondary N) is 1. The van der Waals surface area contributed by atoms with Gasteiger partial charge in [0.25, 0.3) is 5.91 Å². The van der Waals surface area contributed by atoms with Crippen molar-refractivity contribution in [3.8, 4) is 0 Å². The van der Waals surface area contributed by atoms with Crippen molar-refractivity contribution in [3.05, 3.63) is 52.3 Å². The molecule has 0 saturated heterocycles. The summed E-state index contributed by atoms with van der Waals surface area (Å²) in [6.07, 6.45) is 0. The number of pyridine rings is 1. The molecule has 0 bridgehead atoms. The largest absolute Gasteiger partial charge is 0.452 e. The number of aryl methyl sites for hydroxylation is 2. The Bertz CT molecular complexity index is 890. The van der Waals surface area contributed by atoms with Crippen molar-refractivity contribution in [1.29, 1.82) is 0 Å². The third-order valence-corrected chi connectivity index (χ3v) is 4.18. The van der Waals surface area contributed by atoms with Gasteiger partial charge < -0.3 is 10.1 Å². The maximum absolute atomic E-state index is 12.5. The lowest BCUT2D eigenvalue weighted by Crippen LogP contribution is -2.44. The second-order valence-electron chi connectivity index (χ2n) is 5.87. The zero-order chi connectivity index (χ0) is 18.8. The maximum Gasteiger partial charge on any atom is 0.342 e. The number of amides is 2. The zero-order valence-electron chi connectivity index (χ0n) is 14.2. The van der Waals surface area contributed by atoms with Gasteiger partial charge in [0.1, 0.15) is 11.7 Å². The molecule has 0 unspecified atom stereocenters. The molecule has 2 heterocycles. The Balaban J connectivity index is 1.74. The monoisotopic (exact) mass is 373 g/mol. The van der Waals surface area contributed by atoms with Gasteiger partial charge in [-0.1, -0.05) is 23.7 Å². The highest BCUT2D eigenvalue weighted by Gasteiger charge is 2.27. The summed E-state index contributed by atoms with van der Waals surface area (Å²) in [7, 11) is 0. The molecular weight excluding hydrogens is 358 g/mol. The topological polar surface area (TPSA) is 88.6 Å². The Hall–Kier alpha value is -2.93. The van der Waals surface area contributed by atoms with Crippen molar-refractivity contribution in [3.63, 3.8) is 0 Å². The molecular formula is C18H16ClN3O4. The van der Waals surface area contributed by atoms with Crippen molar-refractivity contribution >= 4 is 40.8 Å². The zero-order valence-corrected chi connectivity index (χ0v) is 15.0. The number of rotatable bonds is 3. The molecule has 134 valence electrons. The number of carbonyl (C=O) groups is 3. The Kier molecular flexibility index (Phi) is 4.90. The number of nitrogens with zero attached hydrogens (tertiary/aromatic N) is 2. The van der Waals surface area contributed by atoms with Gasteiger partial charge in [0, 0.05) is 5.69 Å². The Morgan fingerprint density at radius 2 is 2.04 bits per heavy atom. The lowest BCUT2D eigenvalue weighted by atomic mass is 10.1. The number of ether oxygens (including phenoxy) is 1. The van der Waals surface area contributed by atoms with Crippen molar-refractivity contribution < 1.29 is 19.1 Å². The summed E-state index contributed by atoms with van der Waals surface area (Å²) in [4.78, 5) is 41.9. The van der Waals surface area contributed by atoms with E-state index in [1.54, 1.807) is 44.2 Å². The van der Waals surface area contributed by atoms with Gasteiger partial charge in [0.2, 0.25) is 5.91 Å². The van der Waals surface area contributed by atoms with Crippen LogP contribution in [0.4, 0.5) is 11.4 Å². The van der Waals surface area contributed by atoms with Crippen LogP contribution < -0.4 is 10.2 Å². The molecule has 3 rings (SSSR count). The fourth-order valence-electron chi connectivity index (χ4n) is 2.77. The third kappa shape index (κ3) is 3.52. The number of esters is 1. The first-order chi connectivity index (χ1) is 12.4. The number of halogens is 1. The van der Waals surface area contributed by atoms with Crippen LogP contribution in [-0.2, 0) is 14.3 Å². The second kappa shape index (κ2) is 7.13. The van der Waals surface area contributed by atoms with Gasteiger partial charge in [-0.3, -0.25) is 14.5 Å². The van der Waals surface area contributed by atoms with Crippen molar-refractivity contribution in [2.24, 2.45) is 0 Å². The van der Waals surface area contributed by atoms with Gasteiger partial charge in [-0.15, -0.1) is 0 Å². The van der Waals surface area contributed by atoms with Crippen molar-refractivity contribution in [2.45, 2.75) is 13.8 Å². The fraction of sp³-hybridized carbons (Fsp3) is 0.222. The number of para-hydroxylation sites is 2. The van der Waals surface area contributed by atoms with E-state index in [1.165, 1.54) is 4.90 Å². The maximum atomic E-state index is 12.5. The number of hydrogen-bond donors (Lipinski definition) is 1. The van der Waals surface area contributed by atoms with E-state index in [1.807, 2.05) is 0 Å². The number of hydrogen-bond acceptors (Lipinski definition) is 5. The van der Waals surface area contributed by atoms with Gasteiger partial charge in [0.15, 0.2) is 6.61 Å². The van der Waals surface area contributed by atoms with E-state index in [0.717, 1.165) is 0 Å². The van der Waals surface area contributed by atoms with Crippen LogP contribution in [0.2, 0.25) is 5.15 Å². The highest BCUT2D eigenvalue weighted by atomic mass is 35.5. The first-order valence-corrected chi connectivity index (χ1v) is 8.24. The van der Waals surface area contributed by atoms with E-state index in [2.05, 4.69) is 10.3 Å². The third-order valence-electron chi connectivity index (χ3n) is 3.90. The van der Waals surface area contributed by atoms with E-state index < -0.39 is 18.5 Å². The van der Waals surface area contributed by atoms with Crippen molar-refractivity contribution in [2.75, 3.05) is 23.4 Å². The summed E-state index contributed by atoms with van der Waals surface area (Å²) >= 11 is 6.02. The molecule has 1 aliphatic heterocycles. The average molecular weight is 374 g/mol. The molecule has 8 heteroatoms.